The number of hydrogen-bond acceptors (Lipinski definition) is 1. The molecule has 186 valence electrons. The van der Waals surface area contributed by atoms with Crippen molar-refractivity contribution in [2.75, 3.05) is 0 Å². The van der Waals surface area contributed by atoms with Crippen molar-refractivity contribution in [1.82, 2.24) is 0 Å². The van der Waals surface area contributed by atoms with E-state index in [1.54, 1.807) is 5.57 Å². The highest BCUT2D eigenvalue weighted by Gasteiger charge is 2.59. The highest BCUT2D eigenvalue weighted by atomic mass is 16.5. The van der Waals surface area contributed by atoms with E-state index in [4.69, 9.17) is 4.74 Å². The predicted octanol–water partition coefficient (Wildman–Crippen LogP) is 9.46. The van der Waals surface area contributed by atoms with Gasteiger partial charge in [0, 0.05) is 0 Å². The van der Waals surface area contributed by atoms with Gasteiger partial charge in [-0.25, -0.2) is 0 Å². The van der Waals surface area contributed by atoms with Crippen LogP contribution in [0.15, 0.2) is 11.6 Å². The Morgan fingerprint density at radius 3 is 2.38 bits per heavy atom. The molecule has 1 heteroatoms. The molecular formula is C31H56O. The summed E-state index contributed by atoms with van der Waals surface area (Å²) in [5.74, 6) is 5.60. The third-order valence-corrected chi connectivity index (χ3v) is 10.7. The van der Waals surface area contributed by atoms with Crippen molar-refractivity contribution in [3.8, 4) is 0 Å². The zero-order valence-electron chi connectivity index (χ0n) is 21.9. The minimum atomic E-state index is 0. The first-order valence-corrected chi connectivity index (χ1v) is 14.0. The molecule has 3 fully saturated rings. The van der Waals surface area contributed by atoms with E-state index in [0.717, 1.165) is 35.5 Å². The Morgan fingerprint density at radius 1 is 0.938 bits per heavy atom. The van der Waals surface area contributed by atoms with E-state index < -0.39 is 0 Å². The van der Waals surface area contributed by atoms with Crippen LogP contribution in [0.4, 0.5) is 0 Å². The Kier molecular flexibility index (Phi) is 8.33. The van der Waals surface area contributed by atoms with Crippen molar-refractivity contribution in [1.29, 1.82) is 0 Å². The molecule has 0 N–H and O–H groups in total. The summed E-state index contributed by atoms with van der Waals surface area (Å²) in [6.07, 6.45) is 19.0. The summed E-state index contributed by atoms with van der Waals surface area (Å²) in [6, 6.07) is 0. The van der Waals surface area contributed by atoms with E-state index in [2.05, 4.69) is 54.5 Å². The maximum absolute atomic E-state index is 6.25. The lowest BCUT2D eigenvalue weighted by molar-refractivity contribution is -0.0707. The van der Waals surface area contributed by atoms with Crippen LogP contribution >= 0.6 is 0 Å². The van der Waals surface area contributed by atoms with Gasteiger partial charge in [0.25, 0.3) is 0 Å². The van der Waals surface area contributed by atoms with E-state index in [9.17, 15) is 0 Å². The second-order valence-electron chi connectivity index (χ2n) is 13.3. The lowest BCUT2D eigenvalue weighted by Gasteiger charge is -2.58. The summed E-state index contributed by atoms with van der Waals surface area (Å²) in [5, 5.41) is 0. The van der Waals surface area contributed by atoms with Crippen LogP contribution in [-0.2, 0) is 4.74 Å². The number of allylic oxidation sites excluding steroid dienone is 1. The third-order valence-electron chi connectivity index (χ3n) is 10.7. The van der Waals surface area contributed by atoms with Crippen molar-refractivity contribution < 1.29 is 4.74 Å². The molecule has 4 aliphatic rings. The van der Waals surface area contributed by atoms with Gasteiger partial charge >= 0.3 is 0 Å². The monoisotopic (exact) mass is 444 g/mol. The molecule has 8 atom stereocenters. The molecule has 0 spiro atoms. The first kappa shape index (κ1) is 26.3. The van der Waals surface area contributed by atoms with Crippen LogP contribution in [0, 0.1) is 46.3 Å². The molecule has 3 saturated carbocycles. The molecule has 0 amide bonds. The lowest BCUT2D eigenvalue weighted by Crippen LogP contribution is -2.51. The van der Waals surface area contributed by atoms with E-state index in [0.29, 0.717) is 23.0 Å². The van der Waals surface area contributed by atoms with Gasteiger partial charge in [-0.3, -0.25) is 0 Å². The summed E-state index contributed by atoms with van der Waals surface area (Å²) in [6.45, 7) is 17.1. The fourth-order valence-electron chi connectivity index (χ4n) is 9.15. The molecule has 32 heavy (non-hydrogen) atoms. The SMILES string of the molecule is C.CC(C)CCC[C@@H](C)[C@H]1CCC2C3CC=C4CC(OC(C)C)CC[C@]4(C)C3CC[C@@]21C. The average Bonchev–Trinajstić information content (AvgIpc) is 3.05. The molecule has 0 heterocycles. The summed E-state index contributed by atoms with van der Waals surface area (Å²) in [5.41, 5.74) is 2.84. The summed E-state index contributed by atoms with van der Waals surface area (Å²) < 4.78 is 6.25. The largest absolute Gasteiger partial charge is 0.375 e. The molecule has 4 rings (SSSR count). The molecule has 0 aromatic heterocycles. The zero-order valence-corrected chi connectivity index (χ0v) is 21.9. The number of hydrogen-bond donors (Lipinski definition) is 0. The topological polar surface area (TPSA) is 9.23 Å². The van der Waals surface area contributed by atoms with Crippen molar-refractivity contribution >= 4 is 0 Å². The second-order valence-corrected chi connectivity index (χ2v) is 13.3. The normalized spacial score (nSPS) is 42.0. The summed E-state index contributed by atoms with van der Waals surface area (Å²) >= 11 is 0. The van der Waals surface area contributed by atoms with E-state index in [1.807, 2.05) is 0 Å². The van der Waals surface area contributed by atoms with Crippen LogP contribution in [0.1, 0.15) is 127 Å². The predicted molar refractivity (Wildman–Crippen MR) is 140 cm³/mol. The Bertz CT molecular complexity index is 647. The maximum Gasteiger partial charge on any atom is 0.0616 e. The fourth-order valence-corrected chi connectivity index (χ4v) is 9.15. The van der Waals surface area contributed by atoms with E-state index in [-0.39, 0.29) is 7.43 Å². The van der Waals surface area contributed by atoms with Gasteiger partial charge in [0.15, 0.2) is 0 Å². The molecule has 1 nitrogen and oxygen atoms in total. The molecule has 0 saturated heterocycles. The van der Waals surface area contributed by atoms with Crippen molar-refractivity contribution in [2.45, 2.75) is 139 Å². The first-order chi connectivity index (χ1) is 14.6. The summed E-state index contributed by atoms with van der Waals surface area (Å²) in [4.78, 5) is 0. The van der Waals surface area contributed by atoms with E-state index in [1.165, 1.54) is 70.6 Å². The van der Waals surface area contributed by atoms with Crippen molar-refractivity contribution in [3.05, 3.63) is 11.6 Å². The minimum absolute atomic E-state index is 0. The third kappa shape index (κ3) is 4.76. The van der Waals surface area contributed by atoms with Crippen LogP contribution in [0.3, 0.4) is 0 Å². The molecular weight excluding hydrogens is 388 g/mol. The summed E-state index contributed by atoms with van der Waals surface area (Å²) in [7, 11) is 0. The van der Waals surface area contributed by atoms with Crippen LogP contribution in [-0.4, -0.2) is 12.2 Å². The average molecular weight is 445 g/mol. The van der Waals surface area contributed by atoms with Gasteiger partial charge in [-0.05, 0) is 112 Å². The molecule has 0 radical (unpaired) electrons. The van der Waals surface area contributed by atoms with E-state index >= 15 is 0 Å². The van der Waals surface area contributed by atoms with Crippen molar-refractivity contribution in [2.24, 2.45) is 46.3 Å². The molecule has 4 unspecified atom stereocenters. The molecule has 4 aliphatic carbocycles. The van der Waals surface area contributed by atoms with Gasteiger partial charge in [-0.1, -0.05) is 73.0 Å². The Morgan fingerprint density at radius 2 is 1.69 bits per heavy atom. The van der Waals surface area contributed by atoms with Crippen LogP contribution < -0.4 is 0 Å². The lowest BCUT2D eigenvalue weighted by atomic mass is 9.47. The first-order valence-electron chi connectivity index (χ1n) is 14.0. The minimum Gasteiger partial charge on any atom is -0.375 e. The maximum atomic E-state index is 6.25. The molecule has 0 aromatic carbocycles. The molecule has 0 bridgehead atoms. The quantitative estimate of drug-likeness (QED) is 0.355. The number of fused-ring (bicyclic) bond motifs is 5. The van der Waals surface area contributed by atoms with Gasteiger partial charge in [0.1, 0.15) is 0 Å². The van der Waals surface area contributed by atoms with Crippen LogP contribution in [0.25, 0.3) is 0 Å². The Balaban J connectivity index is 0.00000289. The van der Waals surface area contributed by atoms with Crippen molar-refractivity contribution in [3.63, 3.8) is 0 Å². The number of ether oxygens (including phenoxy) is 1. The standard InChI is InChI=1S/C30H52O.CH4/c1-20(2)9-8-10-22(5)26-13-14-27-25-12-11-23-19-24(31-21(3)4)15-17-29(23,6)28(25)16-18-30(26,27)7;/h11,20-22,24-28H,8-10,12-19H2,1-7H3;1H4/t22-,24?,25?,26-,27?,28?,29+,30-;/m1./s1. The van der Waals surface area contributed by atoms with Gasteiger partial charge in [-0.15, -0.1) is 0 Å². The van der Waals surface area contributed by atoms with Gasteiger partial charge in [0.05, 0.1) is 12.2 Å². The van der Waals surface area contributed by atoms with Gasteiger partial charge in [-0.2, -0.15) is 0 Å². The zero-order chi connectivity index (χ0) is 22.4. The number of rotatable bonds is 7. The molecule has 0 aliphatic heterocycles. The Hall–Kier alpha value is -0.300. The second kappa shape index (κ2) is 10.1. The van der Waals surface area contributed by atoms with Crippen LogP contribution in [0.2, 0.25) is 0 Å². The smallest absolute Gasteiger partial charge is 0.0616 e. The Labute approximate surface area is 201 Å². The fraction of sp³-hybridized carbons (Fsp3) is 0.935. The molecule has 0 aromatic rings. The van der Waals surface area contributed by atoms with Gasteiger partial charge < -0.3 is 4.74 Å². The highest BCUT2D eigenvalue weighted by molar-refractivity contribution is 5.25. The van der Waals surface area contributed by atoms with Crippen LogP contribution in [0.5, 0.6) is 0 Å². The highest BCUT2D eigenvalue weighted by Crippen LogP contribution is 2.67. The van der Waals surface area contributed by atoms with Gasteiger partial charge in [0.2, 0.25) is 0 Å².